The Hall–Kier alpha value is -1.75. The maximum Gasteiger partial charge on any atom is 0.138 e. The second kappa shape index (κ2) is 5.73. The lowest BCUT2D eigenvalue weighted by atomic mass is 10.1. The van der Waals surface area contributed by atoms with Crippen LogP contribution in [0.15, 0.2) is 30.9 Å². The van der Waals surface area contributed by atoms with Crippen molar-refractivity contribution in [3.63, 3.8) is 0 Å². The van der Waals surface area contributed by atoms with Crippen molar-refractivity contribution in [3.8, 4) is 0 Å². The molecule has 0 bridgehead atoms. The fraction of sp³-hybridized carbons (Fsp3) is 0.462. The number of rotatable bonds is 5. The van der Waals surface area contributed by atoms with Gasteiger partial charge in [0.15, 0.2) is 0 Å². The van der Waals surface area contributed by atoms with Crippen molar-refractivity contribution in [2.75, 3.05) is 0 Å². The van der Waals surface area contributed by atoms with E-state index in [0.717, 1.165) is 11.4 Å². The Labute approximate surface area is 107 Å². The first-order chi connectivity index (χ1) is 8.66. The van der Waals surface area contributed by atoms with Crippen molar-refractivity contribution in [1.29, 1.82) is 0 Å². The topological polar surface area (TPSA) is 63.8 Å². The Morgan fingerprint density at radius 1 is 1.33 bits per heavy atom. The number of pyridine rings is 1. The first-order valence-electron chi connectivity index (χ1n) is 6.12. The van der Waals surface area contributed by atoms with Gasteiger partial charge < -0.3 is 5.11 Å². The van der Waals surface area contributed by atoms with Crippen LogP contribution in [-0.2, 0) is 12.8 Å². The molecule has 18 heavy (non-hydrogen) atoms. The number of aliphatic hydroxyl groups is 1. The number of nitrogens with zero attached hydrogens (tertiary/aromatic N) is 4. The van der Waals surface area contributed by atoms with E-state index in [0.29, 0.717) is 12.8 Å². The molecule has 2 aromatic rings. The van der Waals surface area contributed by atoms with Gasteiger partial charge in [0.2, 0.25) is 0 Å². The molecule has 0 fully saturated rings. The van der Waals surface area contributed by atoms with Crippen LogP contribution in [0.25, 0.3) is 0 Å². The Morgan fingerprint density at radius 2 is 2.17 bits per heavy atom. The molecule has 2 rings (SSSR count). The molecule has 96 valence electrons. The lowest BCUT2D eigenvalue weighted by molar-refractivity contribution is 0.170. The summed E-state index contributed by atoms with van der Waals surface area (Å²) in [5, 5.41) is 14.2. The minimum Gasteiger partial charge on any atom is -0.392 e. The lowest BCUT2D eigenvalue weighted by Gasteiger charge is -2.13. The number of aromatic nitrogens is 4. The highest BCUT2D eigenvalue weighted by molar-refractivity contribution is 5.10. The van der Waals surface area contributed by atoms with Crippen LogP contribution < -0.4 is 0 Å². The Bertz CT molecular complexity index is 481. The van der Waals surface area contributed by atoms with Gasteiger partial charge in [-0.3, -0.25) is 4.98 Å². The van der Waals surface area contributed by atoms with E-state index in [1.165, 1.54) is 6.33 Å². The van der Waals surface area contributed by atoms with Crippen LogP contribution in [0.1, 0.15) is 31.3 Å². The minimum absolute atomic E-state index is 0.257. The largest absolute Gasteiger partial charge is 0.392 e. The smallest absolute Gasteiger partial charge is 0.138 e. The van der Waals surface area contributed by atoms with Crippen LogP contribution >= 0.6 is 0 Å². The van der Waals surface area contributed by atoms with E-state index >= 15 is 0 Å². The molecule has 1 unspecified atom stereocenters. The zero-order chi connectivity index (χ0) is 13.0. The van der Waals surface area contributed by atoms with Crippen molar-refractivity contribution >= 4 is 0 Å². The molecule has 0 aliphatic rings. The Morgan fingerprint density at radius 3 is 2.83 bits per heavy atom. The fourth-order valence-electron chi connectivity index (χ4n) is 1.93. The molecular weight excluding hydrogens is 228 g/mol. The normalized spacial score (nSPS) is 12.9. The second-order valence-corrected chi connectivity index (χ2v) is 4.64. The molecule has 0 aromatic carbocycles. The molecule has 5 nitrogen and oxygen atoms in total. The van der Waals surface area contributed by atoms with Crippen molar-refractivity contribution < 1.29 is 5.11 Å². The lowest BCUT2D eigenvalue weighted by Crippen LogP contribution is -2.18. The van der Waals surface area contributed by atoms with E-state index in [-0.39, 0.29) is 6.04 Å². The summed E-state index contributed by atoms with van der Waals surface area (Å²) < 4.78 is 1.84. The number of hydrogen-bond acceptors (Lipinski definition) is 4. The van der Waals surface area contributed by atoms with Gasteiger partial charge in [-0.25, -0.2) is 9.67 Å². The van der Waals surface area contributed by atoms with E-state index in [4.69, 9.17) is 0 Å². The zero-order valence-electron chi connectivity index (χ0n) is 10.7. The van der Waals surface area contributed by atoms with Gasteiger partial charge in [0.25, 0.3) is 0 Å². The summed E-state index contributed by atoms with van der Waals surface area (Å²) >= 11 is 0. The minimum atomic E-state index is -0.462. The second-order valence-electron chi connectivity index (χ2n) is 4.64. The van der Waals surface area contributed by atoms with E-state index in [2.05, 4.69) is 15.1 Å². The van der Waals surface area contributed by atoms with E-state index < -0.39 is 6.10 Å². The quantitative estimate of drug-likeness (QED) is 0.866. The van der Waals surface area contributed by atoms with Crippen LogP contribution in [0.5, 0.6) is 0 Å². The highest BCUT2D eigenvalue weighted by atomic mass is 16.3. The van der Waals surface area contributed by atoms with Gasteiger partial charge in [-0.05, 0) is 25.5 Å². The molecular formula is C13H18N4O. The third-order valence-corrected chi connectivity index (χ3v) is 2.75. The summed E-state index contributed by atoms with van der Waals surface area (Å²) in [5.41, 5.74) is 1.03. The first-order valence-corrected chi connectivity index (χ1v) is 6.12. The maximum absolute atomic E-state index is 10.1. The molecule has 0 saturated carbocycles. The van der Waals surface area contributed by atoms with E-state index in [1.54, 1.807) is 12.4 Å². The molecule has 0 saturated heterocycles. The summed E-state index contributed by atoms with van der Waals surface area (Å²) in [5.74, 6) is 0.821. The number of hydrogen-bond donors (Lipinski definition) is 1. The van der Waals surface area contributed by atoms with Gasteiger partial charge in [-0.15, -0.1) is 0 Å². The van der Waals surface area contributed by atoms with Crippen LogP contribution in [0.4, 0.5) is 0 Å². The predicted molar refractivity (Wildman–Crippen MR) is 68.1 cm³/mol. The number of aliphatic hydroxyl groups excluding tert-OH is 1. The van der Waals surface area contributed by atoms with Crippen LogP contribution in [-0.4, -0.2) is 31.0 Å². The molecule has 0 radical (unpaired) electrons. The standard InChI is InChI=1S/C13H18N4O/c1-10(2)17-13(15-9-16-17)7-12(18)6-11-4-3-5-14-8-11/h3-5,8-10,12,18H,6-7H2,1-2H3. The van der Waals surface area contributed by atoms with Gasteiger partial charge in [-0.1, -0.05) is 6.07 Å². The van der Waals surface area contributed by atoms with Crippen molar-refractivity contribution in [2.24, 2.45) is 0 Å². The SMILES string of the molecule is CC(C)n1ncnc1CC(O)Cc1cccnc1. The van der Waals surface area contributed by atoms with Crippen LogP contribution in [0, 0.1) is 0 Å². The Balaban J connectivity index is 1.99. The molecule has 0 spiro atoms. The van der Waals surface area contributed by atoms with Crippen molar-refractivity contribution in [2.45, 2.75) is 38.8 Å². The van der Waals surface area contributed by atoms with E-state index in [9.17, 15) is 5.11 Å². The monoisotopic (exact) mass is 246 g/mol. The molecule has 1 atom stereocenters. The van der Waals surface area contributed by atoms with Crippen molar-refractivity contribution in [3.05, 3.63) is 42.2 Å². The van der Waals surface area contributed by atoms with Crippen LogP contribution in [0.3, 0.4) is 0 Å². The Kier molecular flexibility index (Phi) is 4.04. The van der Waals surface area contributed by atoms with Gasteiger partial charge in [0, 0.05) is 31.3 Å². The summed E-state index contributed by atoms with van der Waals surface area (Å²) in [6.45, 7) is 4.09. The van der Waals surface area contributed by atoms with Gasteiger partial charge >= 0.3 is 0 Å². The highest BCUT2D eigenvalue weighted by Gasteiger charge is 2.13. The summed E-state index contributed by atoms with van der Waals surface area (Å²) in [4.78, 5) is 8.23. The highest BCUT2D eigenvalue weighted by Crippen LogP contribution is 2.10. The first kappa shape index (κ1) is 12.7. The van der Waals surface area contributed by atoms with Gasteiger partial charge in [-0.2, -0.15) is 5.10 Å². The molecule has 2 heterocycles. The molecule has 2 aromatic heterocycles. The predicted octanol–water partition coefficient (Wildman–Crippen LogP) is 1.40. The average molecular weight is 246 g/mol. The fourth-order valence-corrected chi connectivity index (χ4v) is 1.93. The third-order valence-electron chi connectivity index (χ3n) is 2.75. The molecule has 0 aliphatic carbocycles. The molecule has 0 aliphatic heterocycles. The summed E-state index contributed by atoms with van der Waals surface area (Å²) in [6.07, 6.45) is 5.66. The molecule has 1 N–H and O–H groups in total. The average Bonchev–Trinajstić information content (AvgIpc) is 2.78. The summed E-state index contributed by atoms with van der Waals surface area (Å²) in [6, 6.07) is 4.09. The zero-order valence-corrected chi connectivity index (χ0v) is 10.7. The van der Waals surface area contributed by atoms with Crippen LogP contribution in [0.2, 0.25) is 0 Å². The summed E-state index contributed by atoms with van der Waals surface area (Å²) in [7, 11) is 0. The maximum atomic E-state index is 10.1. The van der Waals surface area contributed by atoms with Crippen molar-refractivity contribution in [1.82, 2.24) is 19.7 Å². The third kappa shape index (κ3) is 3.13. The molecule has 0 amide bonds. The molecule has 5 heteroatoms. The van der Waals surface area contributed by atoms with Gasteiger partial charge in [0.1, 0.15) is 12.2 Å². The van der Waals surface area contributed by atoms with Gasteiger partial charge in [0.05, 0.1) is 6.10 Å². The van der Waals surface area contributed by atoms with E-state index in [1.807, 2.05) is 30.7 Å².